The Morgan fingerprint density at radius 2 is 1.71 bits per heavy atom. The SMILES string of the molecule is CCCN1C(=O)/C(=C\c2ccccc2OCc2ccc(C(=O)O)cc2)c2ccccc21. The molecule has 0 fully saturated rings. The molecule has 0 aliphatic carbocycles. The first-order chi connectivity index (χ1) is 15.1. The Balaban J connectivity index is 1.61. The second-order valence-corrected chi connectivity index (χ2v) is 7.36. The molecule has 0 unspecified atom stereocenters. The van der Waals surface area contributed by atoms with Crippen LogP contribution in [-0.2, 0) is 11.4 Å². The van der Waals surface area contributed by atoms with Crippen molar-refractivity contribution in [3.63, 3.8) is 0 Å². The van der Waals surface area contributed by atoms with E-state index in [0.717, 1.165) is 28.8 Å². The van der Waals surface area contributed by atoms with E-state index >= 15 is 0 Å². The van der Waals surface area contributed by atoms with Crippen molar-refractivity contribution < 1.29 is 19.4 Å². The van der Waals surface area contributed by atoms with E-state index in [1.165, 1.54) is 0 Å². The number of hydrogen-bond acceptors (Lipinski definition) is 3. The molecule has 0 aromatic heterocycles. The third-order valence-electron chi connectivity index (χ3n) is 5.22. The number of carbonyl (C=O) groups is 2. The molecule has 3 aromatic carbocycles. The molecule has 0 saturated heterocycles. The number of aromatic carboxylic acids is 1. The smallest absolute Gasteiger partial charge is 0.335 e. The highest BCUT2D eigenvalue weighted by molar-refractivity contribution is 6.35. The summed E-state index contributed by atoms with van der Waals surface area (Å²) in [7, 11) is 0. The van der Waals surface area contributed by atoms with Crippen molar-refractivity contribution in [1.29, 1.82) is 0 Å². The van der Waals surface area contributed by atoms with Gasteiger partial charge >= 0.3 is 5.97 Å². The molecule has 0 spiro atoms. The number of benzene rings is 3. The van der Waals surface area contributed by atoms with E-state index in [1.807, 2.05) is 59.5 Å². The van der Waals surface area contributed by atoms with Crippen molar-refractivity contribution in [2.75, 3.05) is 11.4 Å². The number of carbonyl (C=O) groups excluding carboxylic acids is 1. The van der Waals surface area contributed by atoms with Crippen LogP contribution in [0, 0.1) is 0 Å². The van der Waals surface area contributed by atoms with Gasteiger partial charge in [0.1, 0.15) is 12.4 Å². The van der Waals surface area contributed by atoms with Crippen molar-refractivity contribution in [3.05, 3.63) is 95.1 Å². The van der Waals surface area contributed by atoms with Crippen LogP contribution in [0.15, 0.2) is 72.8 Å². The van der Waals surface area contributed by atoms with Crippen LogP contribution in [0.5, 0.6) is 5.75 Å². The second-order valence-electron chi connectivity index (χ2n) is 7.36. The van der Waals surface area contributed by atoms with Crippen molar-refractivity contribution in [1.82, 2.24) is 0 Å². The minimum atomic E-state index is -0.955. The van der Waals surface area contributed by atoms with Gasteiger partial charge in [0.15, 0.2) is 0 Å². The summed E-state index contributed by atoms with van der Waals surface area (Å²) < 4.78 is 6.01. The normalized spacial score (nSPS) is 14.0. The van der Waals surface area contributed by atoms with Crippen LogP contribution in [0.2, 0.25) is 0 Å². The van der Waals surface area contributed by atoms with Crippen molar-refractivity contribution in [3.8, 4) is 5.75 Å². The Kier molecular flexibility index (Phi) is 5.85. The van der Waals surface area contributed by atoms with Gasteiger partial charge in [0, 0.05) is 23.2 Å². The molecule has 0 atom stereocenters. The molecule has 1 aliphatic rings. The number of amides is 1. The Bertz CT molecular complexity index is 1150. The van der Waals surface area contributed by atoms with Crippen LogP contribution < -0.4 is 9.64 Å². The maximum absolute atomic E-state index is 13.1. The van der Waals surface area contributed by atoms with Gasteiger partial charge in [-0.15, -0.1) is 0 Å². The average Bonchev–Trinajstić information content (AvgIpc) is 3.05. The lowest BCUT2D eigenvalue weighted by molar-refractivity contribution is -0.113. The Morgan fingerprint density at radius 1 is 1.00 bits per heavy atom. The molecule has 156 valence electrons. The fourth-order valence-corrected chi connectivity index (χ4v) is 3.68. The van der Waals surface area contributed by atoms with E-state index in [9.17, 15) is 9.59 Å². The third kappa shape index (κ3) is 4.21. The first-order valence-electron chi connectivity index (χ1n) is 10.3. The monoisotopic (exact) mass is 413 g/mol. The van der Waals surface area contributed by atoms with E-state index in [4.69, 9.17) is 9.84 Å². The lowest BCUT2D eigenvalue weighted by Crippen LogP contribution is -2.26. The minimum absolute atomic E-state index is 0.00196. The van der Waals surface area contributed by atoms with Crippen LogP contribution in [0.3, 0.4) is 0 Å². The molecule has 1 N–H and O–H groups in total. The zero-order valence-corrected chi connectivity index (χ0v) is 17.2. The molecule has 1 amide bonds. The van der Waals surface area contributed by atoms with Gasteiger partial charge in [0.2, 0.25) is 0 Å². The van der Waals surface area contributed by atoms with Crippen molar-refractivity contribution in [2.24, 2.45) is 0 Å². The zero-order valence-electron chi connectivity index (χ0n) is 17.2. The fourth-order valence-electron chi connectivity index (χ4n) is 3.68. The topological polar surface area (TPSA) is 66.8 Å². The molecule has 5 heteroatoms. The highest BCUT2D eigenvalue weighted by Crippen LogP contribution is 2.38. The minimum Gasteiger partial charge on any atom is -0.488 e. The first-order valence-corrected chi connectivity index (χ1v) is 10.3. The summed E-state index contributed by atoms with van der Waals surface area (Å²) in [6.45, 7) is 3.04. The molecular formula is C26H23NO4. The Labute approximate surface area is 181 Å². The standard InChI is InChI=1S/C26H23NO4/c1-2-15-27-23-9-5-4-8-21(23)22(25(27)28)16-20-7-3-6-10-24(20)31-17-18-11-13-19(14-12-18)26(29)30/h3-14,16H,2,15,17H2,1H3,(H,29,30)/b22-16-. The maximum atomic E-state index is 13.1. The van der Waals surface area contributed by atoms with Gasteiger partial charge in [0.05, 0.1) is 11.3 Å². The lowest BCUT2D eigenvalue weighted by atomic mass is 10.0. The quantitative estimate of drug-likeness (QED) is 0.537. The molecule has 1 aliphatic heterocycles. The molecule has 4 rings (SSSR count). The summed E-state index contributed by atoms with van der Waals surface area (Å²) in [5.41, 5.74) is 4.46. The molecule has 1 heterocycles. The number of para-hydroxylation sites is 2. The number of nitrogens with zero attached hydrogens (tertiary/aromatic N) is 1. The van der Waals surface area contributed by atoms with Crippen molar-refractivity contribution in [2.45, 2.75) is 20.0 Å². The molecule has 0 radical (unpaired) electrons. The van der Waals surface area contributed by atoms with Gasteiger partial charge in [-0.1, -0.05) is 55.5 Å². The molecular weight excluding hydrogens is 390 g/mol. The Morgan fingerprint density at radius 3 is 2.45 bits per heavy atom. The van der Waals surface area contributed by atoms with Crippen LogP contribution >= 0.6 is 0 Å². The van der Waals surface area contributed by atoms with E-state index in [0.29, 0.717) is 24.5 Å². The third-order valence-corrected chi connectivity index (χ3v) is 5.22. The lowest BCUT2D eigenvalue weighted by Gasteiger charge is -2.15. The average molecular weight is 413 g/mol. The fraction of sp³-hybridized carbons (Fsp3) is 0.154. The van der Waals surface area contributed by atoms with Gasteiger partial charge in [-0.05, 0) is 42.3 Å². The van der Waals surface area contributed by atoms with Crippen LogP contribution in [0.1, 0.15) is 40.4 Å². The molecule has 0 bridgehead atoms. The summed E-state index contributed by atoms with van der Waals surface area (Å²) in [6, 6.07) is 22.0. The summed E-state index contributed by atoms with van der Waals surface area (Å²) in [4.78, 5) is 25.9. The number of hydrogen-bond donors (Lipinski definition) is 1. The van der Waals surface area contributed by atoms with E-state index in [1.54, 1.807) is 24.3 Å². The molecule has 0 saturated carbocycles. The number of ether oxygens (including phenoxy) is 1. The highest BCUT2D eigenvalue weighted by atomic mass is 16.5. The summed E-state index contributed by atoms with van der Waals surface area (Å²) >= 11 is 0. The number of carboxylic acid groups (broad SMARTS) is 1. The summed E-state index contributed by atoms with van der Waals surface area (Å²) in [5, 5.41) is 9.03. The zero-order chi connectivity index (χ0) is 21.8. The van der Waals surface area contributed by atoms with Gasteiger partial charge in [0.25, 0.3) is 5.91 Å². The van der Waals surface area contributed by atoms with E-state index in [2.05, 4.69) is 6.92 Å². The van der Waals surface area contributed by atoms with E-state index in [-0.39, 0.29) is 11.5 Å². The maximum Gasteiger partial charge on any atom is 0.335 e. The van der Waals surface area contributed by atoms with Crippen LogP contribution in [0.25, 0.3) is 11.6 Å². The predicted octanol–water partition coefficient (Wildman–Crippen LogP) is 5.26. The number of anilines is 1. The van der Waals surface area contributed by atoms with Gasteiger partial charge in [-0.25, -0.2) is 4.79 Å². The highest BCUT2D eigenvalue weighted by Gasteiger charge is 2.31. The summed E-state index contributed by atoms with van der Waals surface area (Å²) in [6.07, 6.45) is 2.77. The van der Waals surface area contributed by atoms with Gasteiger partial charge in [-0.2, -0.15) is 0 Å². The number of carboxylic acids is 1. The molecule has 3 aromatic rings. The molecule has 31 heavy (non-hydrogen) atoms. The number of rotatable bonds is 7. The largest absolute Gasteiger partial charge is 0.488 e. The molecule has 5 nitrogen and oxygen atoms in total. The predicted molar refractivity (Wildman–Crippen MR) is 121 cm³/mol. The van der Waals surface area contributed by atoms with Crippen LogP contribution in [-0.4, -0.2) is 23.5 Å². The van der Waals surface area contributed by atoms with Gasteiger partial charge in [-0.3, -0.25) is 4.79 Å². The first kappa shape index (κ1) is 20.4. The van der Waals surface area contributed by atoms with Gasteiger partial charge < -0.3 is 14.7 Å². The number of fused-ring (bicyclic) bond motifs is 1. The van der Waals surface area contributed by atoms with Crippen molar-refractivity contribution >= 4 is 29.2 Å². The van der Waals surface area contributed by atoms with Crippen LogP contribution in [0.4, 0.5) is 5.69 Å². The van der Waals surface area contributed by atoms with E-state index < -0.39 is 5.97 Å². The second kappa shape index (κ2) is 8.88. The summed E-state index contributed by atoms with van der Waals surface area (Å²) in [5.74, 6) is -0.290. The Hall–Kier alpha value is -3.86.